The van der Waals surface area contributed by atoms with Gasteiger partial charge in [-0.1, -0.05) is 6.07 Å². The lowest BCUT2D eigenvalue weighted by molar-refractivity contribution is 0.811. The van der Waals surface area contributed by atoms with Crippen LogP contribution in [-0.2, 0) is 13.1 Å². The molecule has 1 aliphatic carbocycles. The third-order valence-corrected chi connectivity index (χ3v) is 5.36. The van der Waals surface area contributed by atoms with Gasteiger partial charge in [0.2, 0.25) is 0 Å². The number of thiazole rings is 1. The van der Waals surface area contributed by atoms with E-state index in [-0.39, 0.29) is 0 Å². The predicted molar refractivity (Wildman–Crippen MR) is 83.3 cm³/mol. The Labute approximate surface area is 122 Å². The molecule has 1 saturated carbocycles. The first kappa shape index (κ1) is 13.1. The fraction of sp³-hybridized carbons (Fsp3) is 0.500. The second-order valence-electron chi connectivity index (χ2n) is 5.04. The van der Waals surface area contributed by atoms with E-state index in [4.69, 9.17) is 4.98 Å². The van der Waals surface area contributed by atoms with Crippen molar-refractivity contribution in [3.63, 3.8) is 0 Å². The molecule has 0 bridgehead atoms. The van der Waals surface area contributed by atoms with Gasteiger partial charge in [0.05, 0.1) is 12.2 Å². The van der Waals surface area contributed by atoms with Gasteiger partial charge < -0.3 is 10.2 Å². The summed E-state index contributed by atoms with van der Waals surface area (Å²) in [6, 6.07) is 4.29. The third-order valence-electron chi connectivity index (χ3n) is 3.32. The fourth-order valence-corrected chi connectivity index (χ4v) is 4.06. The maximum absolute atomic E-state index is 4.88. The van der Waals surface area contributed by atoms with Gasteiger partial charge in [0.15, 0.2) is 5.13 Å². The zero-order chi connectivity index (χ0) is 13.2. The van der Waals surface area contributed by atoms with Crippen LogP contribution >= 0.6 is 22.7 Å². The lowest BCUT2D eigenvalue weighted by atomic mass is 10.2. The molecule has 19 heavy (non-hydrogen) atoms. The number of nitrogens with zero attached hydrogens (tertiary/aromatic N) is 2. The minimum absolute atomic E-state index is 0.725. The van der Waals surface area contributed by atoms with Crippen LogP contribution in [0.5, 0.6) is 0 Å². The van der Waals surface area contributed by atoms with Crippen molar-refractivity contribution in [3.8, 4) is 0 Å². The van der Waals surface area contributed by atoms with Gasteiger partial charge in [0.25, 0.3) is 0 Å². The highest BCUT2D eigenvalue weighted by molar-refractivity contribution is 7.15. The monoisotopic (exact) mass is 293 g/mol. The van der Waals surface area contributed by atoms with Gasteiger partial charge in [-0.2, -0.15) is 0 Å². The maximum atomic E-state index is 4.88. The van der Waals surface area contributed by atoms with Gasteiger partial charge in [-0.05, 0) is 31.3 Å². The lowest BCUT2D eigenvalue weighted by Crippen LogP contribution is -2.15. The summed E-state index contributed by atoms with van der Waals surface area (Å²) < 4.78 is 0. The molecule has 0 saturated heterocycles. The molecule has 0 spiro atoms. The molecule has 5 heteroatoms. The summed E-state index contributed by atoms with van der Waals surface area (Å²) in [6.45, 7) is 1.89. The molecule has 1 aliphatic rings. The highest BCUT2D eigenvalue weighted by Crippen LogP contribution is 2.44. The SMILES string of the molecule is CNCc1sc(N(C)Cc2cccs2)nc1C1CC1. The number of rotatable bonds is 6. The minimum Gasteiger partial charge on any atom is -0.346 e. The van der Waals surface area contributed by atoms with Crippen LogP contribution in [0, 0.1) is 0 Å². The maximum Gasteiger partial charge on any atom is 0.185 e. The van der Waals surface area contributed by atoms with Crippen LogP contribution in [0.25, 0.3) is 0 Å². The predicted octanol–water partition coefficient (Wildman–Crippen LogP) is 3.44. The smallest absolute Gasteiger partial charge is 0.185 e. The molecule has 0 unspecified atom stereocenters. The zero-order valence-corrected chi connectivity index (χ0v) is 13.0. The Morgan fingerprint density at radius 1 is 1.47 bits per heavy atom. The van der Waals surface area contributed by atoms with Crippen LogP contribution < -0.4 is 10.2 Å². The highest BCUT2D eigenvalue weighted by Gasteiger charge is 2.29. The van der Waals surface area contributed by atoms with Gasteiger partial charge in [-0.3, -0.25) is 0 Å². The molecule has 2 aromatic rings. The lowest BCUT2D eigenvalue weighted by Gasteiger charge is -2.14. The summed E-state index contributed by atoms with van der Waals surface area (Å²) in [5, 5.41) is 6.54. The molecule has 3 nitrogen and oxygen atoms in total. The van der Waals surface area contributed by atoms with Gasteiger partial charge in [-0.15, -0.1) is 22.7 Å². The van der Waals surface area contributed by atoms with Crippen molar-refractivity contribution in [2.75, 3.05) is 19.0 Å². The van der Waals surface area contributed by atoms with Crippen LogP contribution in [0.2, 0.25) is 0 Å². The number of hydrogen-bond acceptors (Lipinski definition) is 5. The van der Waals surface area contributed by atoms with E-state index in [9.17, 15) is 0 Å². The van der Waals surface area contributed by atoms with Crippen molar-refractivity contribution in [2.24, 2.45) is 0 Å². The molecule has 1 fully saturated rings. The first-order valence-electron chi connectivity index (χ1n) is 6.65. The minimum atomic E-state index is 0.725. The number of aromatic nitrogens is 1. The first-order chi connectivity index (χ1) is 9.28. The number of thiophene rings is 1. The Kier molecular flexibility index (Phi) is 3.86. The van der Waals surface area contributed by atoms with Crippen LogP contribution in [0.1, 0.15) is 34.2 Å². The molecule has 2 heterocycles. The van der Waals surface area contributed by atoms with E-state index in [1.807, 2.05) is 29.7 Å². The average molecular weight is 293 g/mol. The zero-order valence-electron chi connectivity index (χ0n) is 11.3. The van der Waals surface area contributed by atoms with Crippen molar-refractivity contribution in [1.82, 2.24) is 10.3 Å². The molecule has 102 valence electrons. The molecule has 0 atom stereocenters. The Morgan fingerprint density at radius 3 is 2.95 bits per heavy atom. The van der Waals surface area contributed by atoms with Crippen molar-refractivity contribution >= 4 is 27.8 Å². The normalized spacial score (nSPS) is 14.8. The first-order valence-corrected chi connectivity index (χ1v) is 8.35. The van der Waals surface area contributed by atoms with Crippen molar-refractivity contribution in [3.05, 3.63) is 33.0 Å². The highest BCUT2D eigenvalue weighted by atomic mass is 32.1. The molecular formula is C14H19N3S2. The van der Waals surface area contributed by atoms with E-state index in [1.54, 1.807) is 0 Å². The standard InChI is InChI=1S/C14H19N3S2/c1-15-8-12-13(10-5-6-10)16-14(19-12)17(2)9-11-4-3-7-18-11/h3-4,7,10,15H,5-6,8-9H2,1-2H3. The molecule has 0 aliphatic heterocycles. The van der Waals surface area contributed by atoms with Crippen LogP contribution in [0.15, 0.2) is 17.5 Å². The van der Waals surface area contributed by atoms with E-state index in [0.717, 1.165) is 24.1 Å². The van der Waals surface area contributed by atoms with Gasteiger partial charge in [0.1, 0.15) is 0 Å². The number of nitrogens with one attached hydrogen (secondary N) is 1. The summed E-state index contributed by atoms with van der Waals surface area (Å²) in [5.74, 6) is 0.725. The Balaban J connectivity index is 1.77. The molecule has 3 rings (SSSR count). The molecule has 2 aromatic heterocycles. The second kappa shape index (κ2) is 5.61. The summed E-state index contributed by atoms with van der Waals surface area (Å²) >= 11 is 3.65. The summed E-state index contributed by atoms with van der Waals surface area (Å²) in [5.41, 5.74) is 1.34. The molecule has 0 radical (unpaired) electrons. The van der Waals surface area contributed by atoms with E-state index in [1.165, 1.54) is 28.3 Å². The van der Waals surface area contributed by atoms with Crippen LogP contribution in [0.4, 0.5) is 5.13 Å². The van der Waals surface area contributed by atoms with E-state index in [0.29, 0.717) is 0 Å². The van der Waals surface area contributed by atoms with Crippen molar-refractivity contribution in [2.45, 2.75) is 31.8 Å². The number of anilines is 1. The molecular weight excluding hydrogens is 274 g/mol. The van der Waals surface area contributed by atoms with E-state index >= 15 is 0 Å². The Hall–Kier alpha value is -0.910. The fourth-order valence-electron chi connectivity index (χ4n) is 2.18. The van der Waals surface area contributed by atoms with Gasteiger partial charge in [-0.25, -0.2) is 4.98 Å². The van der Waals surface area contributed by atoms with E-state index in [2.05, 4.69) is 34.8 Å². The van der Waals surface area contributed by atoms with Crippen LogP contribution in [0.3, 0.4) is 0 Å². The average Bonchev–Trinajstić information content (AvgIpc) is 2.95. The Morgan fingerprint density at radius 2 is 2.32 bits per heavy atom. The van der Waals surface area contributed by atoms with Crippen molar-refractivity contribution in [1.29, 1.82) is 0 Å². The third kappa shape index (κ3) is 2.99. The van der Waals surface area contributed by atoms with Gasteiger partial charge in [0, 0.05) is 29.3 Å². The number of hydrogen-bond donors (Lipinski definition) is 1. The van der Waals surface area contributed by atoms with Gasteiger partial charge >= 0.3 is 0 Å². The largest absolute Gasteiger partial charge is 0.346 e. The topological polar surface area (TPSA) is 28.2 Å². The summed E-state index contributed by atoms with van der Waals surface area (Å²) in [4.78, 5) is 9.95. The summed E-state index contributed by atoms with van der Waals surface area (Å²) in [7, 11) is 4.14. The van der Waals surface area contributed by atoms with E-state index < -0.39 is 0 Å². The second-order valence-corrected chi connectivity index (χ2v) is 7.14. The quantitative estimate of drug-likeness (QED) is 0.884. The molecule has 0 aromatic carbocycles. The molecule has 1 N–H and O–H groups in total. The van der Waals surface area contributed by atoms with Crippen molar-refractivity contribution < 1.29 is 0 Å². The molecule has 0 amide bonds. The Bertz CT molecular complexity index is 529. The van der Waals surface area contributed by atoms with Crippen LogP contribution in [-0.4, -0.2) is 19.1 Å². The summed E-state index contributed by atoms with van der Waals surface area (Å²) in [6.07, 6.45) is 2.63.